The van der Waals surface area contributed by atoms with E-state index in [0.717, 1.165) is 19.0 Å². The predicted octanol–water partition coefficient (Wildman–Crippen LogP) is 1.01. The summed E-state index contributed by atoms with van der Waals surface area (Å²) in [6.07, 6.45) is 2.06. The molecule has 0 spiro atoms. The van der Waals surface area contributed by atoms with Gasteiger partial charge < -0.3 is 14.1 Å². The lowest BCUT2D eigenvalue weighted by molar-refractivity contribution is -0.141. The van der Waals surface area contributed by atoms with Gasteiger partial charge in [0.15, 0.2) is 6.10 Å². The van der Waals surface area contributed by atoms with Crippen LogP contribution in [0, 0.1) is 12.8 Å². The lowest BCUT2D eigenvalue weighted by Gasteiger charge is -2.35. The molecule has 122 valence electrons. The third kappa shape index (κ3) is 3.64. The van der Waals surface area contributed by atoms with Gasteiger partial charge in [-0.25, -0.2) is 0 Å². The van der Waals surface area contributed by atoms with Crippen molar-refractivity contribution in [2.75, 3.05) is 39.3 Å². The number of ether oxygens (including phenoxy) is 1. The monoisotopic (exact) mass is 308 g/mol. The van der Waals surface area contributed by atoms with Gasteiger partial charge in [0.2, 0.25) is 17.7 Å². The van der Waals surface area contributed by atoms with Crippen molar-refractivity contribution in [3.63, 3.8) is 0 Å². The summed E-state index contributed by atoms with van der Waals surface area (Å²) >= 11 is 0. The van der Waals surface area contributed by atoms with Gasteiger partial charge in [-0.2, -0.15) is 0 Å². The van der Waals surface area contributed by atoms with E-state index in [0.29, 0.717) is 38.0 Å². The molecule has 3 rings (SSSR count). The molecule has 2 saturated heterocycles. The summed E-state index contributed by atoms with van der Waals surface area (Å²) < 4.78 is 11.1. The number of aryl methyl sites for hydroxylation is 1. The molecule has 2 aliphatic rings. The highest BCUT2D eigenvalue weighted by Gasteiger charge is 2.30. The zero-order valence-electron chi connectivity index (χ0n) is 13.3. The molecule has 1 aromatic heterocycles. The van der Waals surface area contributed by atoms with Gasteiger partial charge in [0.25, 0.3) is 0 Å². The Kier molecular flexibility index (Phi) is 4.73. The van der Waals surface area contributed by atoms with Crippen LogP contribution in [0.15, 0.2) is 4.42 Å². The van der Waals surface area contributed by atoms with E-state index in [4.69, 9.17) is 9.15 Å². The molecule has 0 N–H and O–H groups in total. The molecule has 3 heterocycles. The normalized spacial score (nSPS) is 24.6. The Morgan fingerprint density at radius 3 is 2.73 bits per heavy atom. The van der Waals surface area contributed by atoms with Crippen LogP contribution in [0.3, 0.4) is 0 Å². The average Bonchev–Trinajstić information content (AvgIpc) is 2.96. The highest BCUT2D eigenvalue weighted by Crippen LogP contribution is 2.22. The maximum absolute atomic E-state index is 12.5. The molecule has 7 nitrogen and oxygen atoms in total. The lowest BCUT2D eigenvalue weighted by Crippen LogP contribution is -2.48. The van der Waals surface area contributed by atoms with Crippen LogP contribution < -0.4 is 0 Å². The minimum atomic E-state index is -0.305. The molecule has 1 amide bonds. The first-order valence-electron chi connectivity index (χ1n) is 8.03. The molecule has 0 bridgehead atoms. The van der Waals surface area contributed by atoms with E-state index in [1.807, 2.05) is 4.90 Å². The maximum atomic E-state index is 12.5. The summed E-state index contributed by atoms with van der Waals surface area (Å²) in [5, 5.41) is 7.82. The molecule has 0 unspecified atom stereocenters. The van der Waals surface area contributed by atoms with Crippen LogP contribution in [0.5, 0.6) is 0 Å². The second-order valence-corrected chi connectivity index (χ2v) is 6.32. The first-order chi connectivity index (χ1) is 10.6. The molecule has 7 heteroatoms. The van der Waals surface area contributed by atoms with Gasteiger partial charge in [0, 0.05) is 13.5 Å². The number of likely N-dealkylation sites (tertiary alicyclic amines) is 1. The van der Waals surface area contributed by atoms with Gasteiger partial charge in [-0.15, -0.1) is 10.2 Å². The van der Waals surface area contributed by atoms with Crippen LogP contribution in [0.4, 0.5) is 0 Å². The number of hydrogen-bond acceptors (Lipinski definition) is 6. The highest BCUT2D eigenvalue weighted by molar-refractivity contribution is 5.78. The second kappa shape index (κ2) is 6.75. The van der Waals surface area contributed by atoms with Gasteiger partial charge in [0.1, 0.15) is 0 Å². The smallest absolute Gasteiger partial charge is 0.246 e. The molecule has 1 atom stereocenters. The van der Waals surface area contributed by atoms with Crippen molar-refractivity contribution in [3.05, 3.63) is 11.8 Å². The van der Waals surface area contributed by atoms with Crippen LogP contribution in [0.25, 0.3) is 0 Å². The number of amides is 1. The van der Waals surface area contributed by atoms with E-state index >= 15 is 0 Å². The Hall–Kier alpha value is -1.47. The number of piperidine rings is 1. The number of carbonyl (C=O) groups excluding carboxylic acids is 1. The first kappa shape index (κ1) is 15.4. The fourth-order valence-electron chi connectivity index (χ4n) is 2.98. The van der Waals surface area contributed by atoms with Crippen molar-refractivity contribution in [2.24, 2.45) is 5.92 Å². The third-order valence-corrected chi connectivity index (χ3v) is 4.47. The molecule has 1 aromatic rings. The zero-order valence-corrected chi connectivity index (χ0v) is 13.3. The van der Waals surface area contributed by atoms with Crippen molar-refractivity contribution in [1.29, 1.82) is 0 Å². The third-order valence-electron chi connectivity index (χ3n) is 4.47. The minimum Gasteiger partial charge on any atom is -0.423 e. The van der Waals surface area contributed by atoms with E-state index in [1.54, 1.807) is 6.92 Å². The number of rotatable bonds is 3. The summed E-state index contributed by atoms with van der Waals surface area (Å²) in [7, 11) is 0. The van der Waals surface area contributed by atoms with Crippen LogP contribution in [-0.4, -0.2) is 65.2 Å². The van der Waals surface area contributed by atoms with Crippen LogP contribution >= 0.6 is 0 Å². The predicted molar refractivity (Wildman–Crippen MR) is 79.1 cm³/mol. The second-order valence-electron chi connectivity index (χ2n) is 6.32. The van der Waals surface area contributed by atoms with Crippen LogP contribution in [0.1, 0.15) is 37.7 Å². The van der Waals surface area contributed by atoms with Crippen molar-refractivity contribution in [2.45, 2.75) is 32.8 Å². The Balaban J connectivity index is 1.54. The highest BCUT2D eigenvalue weighted by atomic mass is 16.5. The average molecular weight is 308 g/mol. The molecule has 22 heavy (non-hydrogen) atoms. The molecular weight excluding hydrogens is 284 g/mol. The topological polar surface area (TPSA) is 71.7 Å². The first-order valence-corrected chi connectivity index (χ1v) is 8.03. The SMILES string of the molecule is Cc1nnc([C@@H]2CN(C(=O)CN3CCC(C)CC3)CCO2)o1. The molecule has 0 radical (unpaired) electrons. The number of carbonyl (C=O) groups is 1. The Morgan fingerprint density at radius 1 is 1.27 bits per heavy atom. The number of nitrogens with zero attached hydrogens (tertiary/aromatic N) is 4. The van der Waals surface area contributed by atoms with Gasteiger partial charge in [-0.05, 0) is 31.8 Å². The van der Waals surface area contributed by atoms with Gasteiger partial charge in [-0.1, -0.05) is 6.92 Å². The molecule has 0 saturated carbocycles. The fourth-order valence-corrected chi connectivity index (χ4v) is 2.98. The lowest BCUT2D eigenvalue weighted by atomic mass is 9.99. The van der Waals surface area contributed by atoms with E-state index in [1.165, 1.54) is 12.8 Å². The van der Waals surface area contributed by atoms with E-state index < -0.39 is 0 Å². The molecule has 2 aliphatic heterocycles. The molecule has 0 aliphatic carbocycles. The Bertz CT molecular complexity index is 511. The Labute approximate surface area is 130 Å². The summed E-state index contributed by atoms with van der Waals surface area (Å²) in [6.45, 7) is 8.19. The van der Waals surface area contributed by atoms with Crippen molar-refractivity contribution >= 4 is 5.91 Å². The van der Waals surface area contributed by atoms with E-state index in [2.05, 4.69) is 22.0 Å². The molecule has 2 fully saturated rings. The summed E-state index contributed by atoms with van der Waals surface area (Å²) in [6, 6.07) is 0. The van der Waals surface area contributed by atoms with Crippen LogP contribution in [-0.2, 0) is 9.53 Å². The minimum absolute atomic E-state index is 0.166. The number of hydrogen-bond donors (Lipinski definition) is 0. The van der Waals surface area contributed by atoms with Gasteiger partial charge >= 0.3 is 0 Å². The van der Waals surface area contributed by atoms with Crippen LogP contribution in [0.2, 0.25) is 0 Å². The number of morpholine rings is 1. The number of aromatic nitrogens is 2. The van der Waals surface area contributed by atoms with Crippen molar-refractivity contribution < 1.29 is 13.9 Å². The largest absolute Gasteiger partial charge is 0.423 e. The fraction of sp³-hybridized carbons (Fsp3) is 0.800. The van der Waals surface area contributed by atoms with Crippen molar-refractivity contribution in [3.8, 4) is 0 Å². The summed E-state index contributed by atoms with van der Waals surface area (Å²) in [4.78, 5) is 16.6. The van der Waals surface area contributed by atoms with Crippen molar-refractivity contribution in [1.82, 2.24) is 20.0 Å². The van der Waals surface area contributed by atoms with Gasteiger partial charge in [0.05, 0.1) is 19.7 Å². The zero-order chi connectivity index (χ0) is 15.5. The Morgan fingerprint density at radius 2 is 2.05 bits per heavy atom. The van der Waals surface area contributed by atoms with E-state index in [-0.39, 0.29) is 12.0 Å². The maximum Gasteiger partial charge on any atom is 0.246 e. The van der Waals surface area contributed by atoms with E-state index in [9.17, 15) is 4.79 Å². The van der Waals surface area contributed by atoms with Gasteiger partial charge in [-0.3, -0.25) is 9.69 Å². The summed E-state index contributed by atoms with van der Waals surface area (Å²) in [5.41, 5.74) is 0. The molecule has 0 aromatic carbocycles. The standard InChI is InChI=1S/C15H24N4O3/c1-11-3-5-18(6-4-11)10-14(20)19-7-8-21-13(9-19)15-17-16-12(2)22-15/h11,13H,3-10H2,1-2H3/t13-/m0/s1. The molecular formula is C15H24N4O3. The quantitative estimate of drug-likeness (QED) is 0.830. The summed E-state index contributed by atoms with van der Waals surface area (Å²) in [5.74, 6) is 1.92.